The first-order chi connectivity index (χ1) is 10.7. The Bertz CT molecular complexity index is 623. The molecule has 0 fully saturated rings. The Morgan fingerprint density at radius 2 is 1.91 bits per heavy atom. The van der Waals surface area contributed by atoms with Gasteiger partial charge in [0, 0.05) is 24.4 Å². The van der Waals surface area contributed by atoms with E-state index in [1.165, 1.54) is 0 Å². The van der Waals surface area contributed by atoms with E-state index in [1.54, 1.807) is 55.7 Å². The van der Waals surface area contributed by atoms with Gasteiger partial charge in [-0.05, 0) is 36.8 Å². The second kappa shape index (κ2) is 7.93. The Morgan fingerprint density at radius 3 is 2.55 bits per heavy atom. The Kier molecular flexibility index (Phi) is 5.65. The van der Waals surface area contributed by atoms with Crippen molar-refractivity contribution < 1.29 is 19.1 Å². The highest BCUT2D eigenvalue weighted by Crippen LogP contribution is 2.14. The van der Waals surface area contributed by atoms with Gasteiger partial charge in [-0.25, -0.2) is 4.79 Å². The molecule has 0 N–H and O–H groups in total. The van der Waals surface area contributed by atoms with Crippen LogP contribution in [0.4, 0.5) is 0 Å². The number of esters is 1. The number of ketones is 1. The maximum atomic E-state index is 12.1. The lowest BCUT2D eigenvalue weighted by molar-refractivity contribution is -0.145. The largest absolute Gasteiger partial charge is 0.482 e. The summed E-state index contributed by atoms with van der Waals surface area (Å²) in [7, 11) is 0. The van der Waals surface area contributed by atoms with Crippen LogP contribution in [-0.2, 0) is 16.0 Å². The number of carbonyl (C=O) groups is 2. The quantitative estimate of drug-likeness (QED) is 0.580. The van der Waals surface area contributed by atoms with Crippen LogP contribution < -0.4 is 4.74 Å². The van der Waals surface area contributed by atoms with Crippen LogP contribution in [0.15, 0.2) is 48.8 Å². The number of benzene rings is 1. The summed E-state index contributed by atoms with van der Waals surface area (Å²) in [5.74, 6) is 0.164. The monoisotopic (exact) mass is 299 g/mol. The Balaban J connectivity index is 1.89. The van der Waals surface area contributed by atoms with Gasteiger partial charge in [0.25, 0.3) is 0 Å². The van der Waals surface area contributed by atoms with Crippen molar-refractivity contribution in [2.24, 2.45) is 0 Å². The minimum atomic E-state index is -0.404. The highest BCUT2D eigenvalue weighted by Gasteiger charge is 2.07. The summed E-state index contributed by atoms with van der Waals surface area (Å²) in [6.45, 7) is 1.95. The van der Waals surface area contributed by atoms with E-state index >= 15 is 0 Å². The molecule has 0 spiro atoms. The first kappa shape index (κ1) is 15.7. The predicted octanol–water partition coefficient (Wildman–Crippen LogP) is 2.45. The molecule has 0 aliphatic rings. The van der Waals surface area contributed by atoms with Crippen molar-refractivity contribution >= 4 is 11.8 Å². The molecule has 0 aliphatic heterocycles. The lowest BCUT2D eigenvalue weighted by Crippen LogP contribution is -2.14. The topological polar surface area (TPSA) is 65.5 Å². The number of hydrogen-bond donors (Lipinski definition) is 0. The molecule has 5 nitrogen and oxygen atoms in total. The summed E-state index contributed by atoms with van der Waals surface area (Å²) in [4.78, 5) is 27.2. The van der Waals surface area contributed by atoms with E-state index in [1.807, 2.05) is 0 Å². The van der Waals surface area contributed by atoms with Gasteiger partial charge in [-0.15, -0.1) is 0 Å². The van der Waals surface area contributed by atoms with Crippen molar-refractivity contribution in [3.8, 4) is 5.75 Å². The Labute approximate surface area is 128 Å². The van der Waals surface area contributed by atoms with E-state index in [0.29, 0.717) is 24.3 Å². The first-order valence-corrected chi connectivity index (χ1v) is 6.99. The van der Waals surface area contributed by atoms with E-state index in [0.717, 1.165) is 5.56 Å². The molecule has 2 aromatic rings. The van der Waals surface area contributed by atoms with Gasteiger partial charge in [-0.3, -0.25) is 9.78 Å². The van der Waals surface area contributed by atoms with E-state index < -0.39 is 5.97 Å². The fourth-order valence-electron chi connectivity index (χ4n) is 1.86. The molecule has 0 amide bonds. The van der Waals surface area contributed by atoms with Crippen molar-refractivity contribution in [2.75, 3.05) is 13.2 Å². The zero-order valence-electron chi connectivity index (χ0n) is 12.3. The van der Waals surface area contributed by atoms with Crippen LogP contribution in [0.25, 0.3) is 0 Å². The summed E-state index contributed by atoms with van der Waals surface area (Å²) in [6.07, 6.45) is 3.48. The standard InChI is InChI=1S/C17H17NO4/c1-2-21-17(20)12-22-15-7-5-13(6-8-15)10-16(19)14-4-3-9-18-11-14/h3-9,11H,2,10,12H2,1H3. The number of nitrogens with zero attached hydrogens (tertiary/aromatic N) is 1. The van der Waals surface area contributed by atoms with Crippen LogP contribution in [-0.4, -0.2) is 30.0 Å². The number of ether oxygens (including phenoxy) is 2. The third kappa shape index (κ3) is 4.70. The summed E-state index contributed by atoms with van der Waals surface area (Å²) in [6, 6.07) is 10.5. The second-order valence-electron chi connectivity index (χ2n) is 4.58. The third-order valence-electron chi connectivity index (χ3n) is 2.93. The number of carbonyl (C=O) groups excluding carboxylic acids is 2. The maximum Gasteiger partial charge on any atom is 0.344 e. The molecule has 2 rings (SSSR count). The number of rotatable bonds is 7. The van der Waals surface area contributed by atoms with Crippen molar-refractivity contribution in [3.05, 3.63) is 59.9 Å². The van der Waals surface area contributed by atoms with E-state index in [4.69, 9.17) is 9.47 Å². The van der Waals surface area contributed by atoms with Gasteiger partial charge < -0.3 is 9.47 Å². The van der Waals surface area contributed by atoms with Gasteiger partial charge in [0.15, 0.2) is 12.4 Å². The van der Waals surface area contributed by atoms with E-state index in [9.17, 15) is 9.59 Å². The average Bonchev–Trinajstić information content (AvgIpc) is 2.55. The van der Waals surface area contributed by atoms with Crippen LogP contribution in [0.5, 0.6) is 5.75 Å². The third-order valence-corrected chi connectivity index (χ3v) is 2.93. The maximum absolute atomic E-state index is 12.1. The highest BCUT2D eigenvalue weighted by atomic mass is 16.6. The summed E-state index contributed by atoms with van der Waals surface area (Å²) >= 11 is 0. The fourth-order valence-corrected chi connectivity index (χ4v) is 1.86. The average molecular weight is 299 g/mol. The molecule has 0 atom stereocenters. The van der Waals surface area contributed by atoms with Gasteiger partial charge in [-0.1, -0.05) is 12.1 Å². The molecule has 0 radical (unpaired) electrons. The molecule has 0 bridgehead atoms. The zero-order chi connectivity index (χ0) is 15.8. The van der Waals surface area contributed by atoms with Crippen molar-refractivity contribution in [1.29, 1.82) is 0 Å². The lowest BCUT2D eigenvalue weighted by atomic mass is 10.0. The lowest BCUT2D eigenvalue weighted by Gasteiger charge is -2.06. The van der Waals surface area contributed by atoms with E-state index in [2.05, 4.69) is 4.98 Å². The smallest absolute Gasteiger partial charge is 0.344 e. The number of aromatic nitrogens is 1. The molecule has 0 saturated heterocycles. The summed E-state index contributed by atoms with van der Waals surface area (Å²) in [5, 5.41) is 0. The molecule has 0 saturated carbocycles. The van der Waals surface area contributed by atoms with Crippen LogP contribution >= 0.6 is 0 Å². The van der Waals surface area contributed by atoms with Gasteiger partial charge in [0.2, 0.25) is 0 Å². The molecule has 1 aromatic heterocycles. The van der Waals surface area contributed by atoms with Crippen LogP contribution in [0.1, 0.15) is 22.8 Å². The summed E-state index contributed by atoms with van der Waals surface area (Å²) < 4.78 is 10.1. The van der Waals surface area contributed by atoms with Crippen LogP contribution in [0.2, 0.25) is 0 Å². The van der Waals surface area contributed by atoms with Gasteiger partial charge in [-0.2, -0.15) is 0 Å². The van der Waals surface area contributed by atoms with Gasteiger partial charge in [0.1, 0.15) is 5.75 Å². The van der Waals surface area contributed by atoms with Gasteiger partial charge in [0.05, 0.1) is 6.61 Å². The molecule has 5 heteroatoms. The van der Waals surface area contributed by atoms with Crippen LogP contribution in [0.3, 0.4) is 0 Å². The molecule has 0 aliphatic carbocycles. The van der Waals surface area contributed by atoms with Crippen molar-refractivity contribution in [2.45, 2.75) is 13.3 Å². The van der Waals surface area contributed by atoms with Crippen molar-refractivity contribution in [3.63, 3.8) is 0 Å². The van der Waals surface area contributed by atoms with Gasteiger partial charge >= 0.3 is 5.97 Å². The number of pyridine rings is 1. The molecular weight excluding hydrogens is 282 g/mol. The molecule has 114 valence electrons. The normalized spacial score (nSPS) is 10.0. The second-order valence-corrected chi connectivity index (χ2v) is 4.58. The molecular formula is C17H17NO4. The van der Waals surface area contributed by atoms with Crippen molar-refractivity contribution in [1.82, 2.24) is 4.98 Å². The Hall–Kier alpha value is -2.69. The highest BCUT2D eigenvalue weighted by molar-refractivity contribution is 5.97. The molecule has 0 unspecified atom stereocenters. The minimum absolute atomic E-state index is 0.00768. The number of Topliss-reactive ketones (excluding diaryl/α,β-unsaturated/α-hetero) is 1. The first-order valence-electron chi connectivity index (χ1n) is 6.99. The number of hydrogen-bond acceptors (Lipinski definition) is 5. The molecule has 22 heavy (non-hydrogen) atoms. The SMILES string of the molecule is CCOC(=O)COc1ccc(CC(=O)c2cccnc2)cc1. The predicted molar refractivity (Wildman–Crippen MR) is 80.8 cm³/mol. The molecule has 1 heterocycles. The van der Waals surface area contributed by atoms with E-state index in [-0.39, 0.29) is 12.4 Å². The zero-order valence-corrected chi connectivity index (χ0v) is 12.3. The molecule has 1 aromatic carbocycles. The van der Waals surface area contributed by atoms with Crippen LogP contribution in [0, 0.1) is 0 Å². The Morgan fingerprint density at radius 1 is 1.14 bits per heavy atom. The minimum Gasteiger partial charge on any atom is -0.482 e. The fraction of sp³-hybridized carbons (Fsp3) is 0.235. The summed E-state index contributed by atoms with van der Waals surface area (Å²) in [5.41, 5.74) is 1.46.